The molecule has 1 aliphatic heterocycles. The van der Waals surface area contributed by atoms with Crippen LogP contribution in [0.3, 0.4) is 0 Å². The summed E-state index contributed by atoms with van der Waals surface area (Å²) >= 11 is 1.22. The molecule has 9 nitrogen and oxygen atoms in total. The van der Waals surface area contributed by atoms with E-state index in [0.717, 1.165) is 19.3 Å². The molecule has 0 amide bonds. The second-order valence-corrected chi connectivity index (χ2v) is 10.2. The molecule has 3 aromatic rings. The molecular weight excluding hydrogens is 532 g/mol. The van der Waals surface area contributed by atoms with E-state index in [1.165, 1.54) is 29.1 Å². The van der Waals surface area contributed by atoms with Gasteiger partial charge in [0.1, 0.15) is 0 Å². The smallest absolute Gasteiger partial charge is 0.338 e. The highest BCUT2D eigenvalue weighted by molar-refractivity contribution is 7.07. The van der Waals surface area contributed by atoms with Crippen LogP contribution in [-0.4, -0.2) is 43.1 Å². The predicted octanol–water partition coefficient (Wildman–Crippen LogP) is 4.09. The first-order valence-corrected chi connectivity index (χ1v) is 14.0. The largest absolute Gasteiger partial charge is 0.504 e. The maximum Gasteiger partial charge on any atom is 0.338 e. The lowest BCUT2D eigenvalue weighted by Crippen LogP contribution is -2.39. The van der Waals surface area contributed by atoms with Crippen molar-refractivity contribution < 1.29 is 28.8 Å². The molecule has 1 aromatic heterocycles. The lowest BCUT2D eigenvalue weighted by Gasteiger charge is -2.25. The number of fused-ring (bicyclic) bond motifs is 1. The number of aromatic hydroxyl groups is 1. The Labute approximate surface area is 236 Å². The molecule has 0 fully saturated rings. The molecule has 0 saturated carbocycles. The van der Waals surface area contributed by atoms with Crippen molar-refractivity contribution in [3.8, 4) is 23.0 Å². The number of hydrogen-bond acceptors (Lipinski definition) is 9. The second-order valence-electron chi connectivity index (χ2n) is 9.20. The van der Waals surface area contributed by atoms with Crippen LogP contribution in [-0.2, 0) is 9.53 Å². The number of phenolic OH excluding ortho intramolecular Hbond substituents is 1. The van der Waals surface area contributed by atoms with Gasteiger partial charge in [-0.25, -0.2) is 9.79 Å². The molecule has 10 heteroatoms. The summed E-state index contributed by atoms with van der Waals surface area (Å²) in [5.74, 6) is 0.870. The summed E-state index contributed by atoms with van der Waals surface area (Å²) in [4.78, 5) is 31.9. The number of carbonyl (C=O) groups is 1. The highest BCUT2D eigenvalue weighted by atomic mass is 32.1. The number of esters is 1. The van der Waals surface area contributed by atoms with E-state index < -0.39 is 12.0 Å². The fourth-order valence-electron chi connectivity index (χ4n) is 4.56. The van der Waals surface area contributed by atoms with Gasteiger partial charge in [-0.2, -0.15) is 0 Å². The monoisotopic (exact) mass is 566 g/mol. The molecule has 0 radical (unpaired) electrons. The van der Waals surface area contributed by atoms with E-state index in [1.54, 1.807) is 44.4 Å². The van der Waals surface area contributed by atoms with Crippen LogP contribution in [0.15, 0.2) is 57.5 Å². The zero-order chi connectivity index (χ0) is 28.8. The number of carbonyl (C=O) groups excluding carboxylic acids is 1. The summed E-state index contributed by atoms with van der Waals surface area (Å²) in [6.07, 6.45) is 4.80. The fourth-order valence-corrected chi connectivity index (χ4v) is 5.61. The van der Waals surface area contributed by atoms with Gasteiger partial charge in [0.15, 0.2) is 27.8 Å². The van der Waals surface area contributed by atoms with Crippen LogP contribution in [0.1, 0.15) is 57.2 Å². The quantitative estimate of drug-likeness (QED) is 0.275. The number of ether oxygens (including phenoxy) is 4. The lowest BCUT2D eigenvalue weighted by molar-refractivity contribution is -0.136. The maximum atomic E-state index is 13.8. The van der Waals surface area contributed by atoms with Crippen molar-refractivity contribution in [3.63, 3.8) is 0 Å². The van der Waals surface area contributed by atoms with Crippen molar-refractivity contribution >= 4 is 23.4 Å². The van der Waals surface area contributed by atoms with Crippen LogP contribution >= 0.6 is 11.3 Å². The molecule has 4 rings (SSSR count). The Bertz CT molecular complexity index is 1600. The zero-order valence-electron chi connectivity index (χ0n) is 23.4. The first-order chi connectivity index (χ1) is 19.3. The van der Waals surface area contributed by atoms with Gasteiger partial charge >= 0.3 is 5.97 Å². The molecule has 0 spiro atoms. The van der Waals surface area contributed by atoms with E-state index >= 15 is 0 Å². The van der Waals surface area contributed by atoms with Crippen molar-refractivity contribution in [2.45, 2.75) is 46.1 Å². The SMILES string of the molecule is CCCCCOc1ccc(C2C(C(=O)OC)=C(C)N=c3sc(=Cc4ccc(O)c(OCC)c4)c(=O)n32)cc1OC. The molecule has 40 heavy (non-hydrogen) atoms. The standard InChI is InChI=1S/C30H34N2O7S/c1-6-8-9-14-39-22-13-11-20(17-24(22)36-4)27-26(29(35)37-5)18(3)31-30-32(27)28(34)25(40-30)16-19-10-12-21(33)23(15-19)38-7-2/h10-13,15-17,27,33H,6-9,14H2,1-5H3. The summed E-state index contributed by atoms with van der Waals surface area (Å²) in [6.45, 7) is 6.64. The number of rotatable bonds is 11. The third-order valence-corrected chi connectivity index (χ3v) is 7.50. The number of methoxy groups -OCH3 is 2. The van der Waals surface area contributed by atoms with Crippen molar-refractivity contribution in [1.29, 1.82) is 0 Å². The lowest BCUT2D eigenvalue weighted by atomic mass is 9.95. The van der Waals surface area contributed by atoms with Crippen molar-refractivity contribution in [2.75, 3.05) is 27.4 Å². The van der Waals surface area contributed by atoms with Crippen LogP contribution < -0.4 is 29.1 Å². The number of aromatic nitrogens is 1. The van der Waals surface area contributed by atoms with E-state index in [9.17, 15) is 14.7 Å². The third kappa shape index (κ3) is 5.91. The molecule has 0 bridgehead atoms. The van der Waals surface area contributed by atoms with Crippen molar-refractivity contribution in [1.82, 2.24) is 4.57 Å². The van der Waals surface area contributed by atoms with E-state index in [-0.39, 0.29) is 16.9 Å². The summed E-state index contributed by atoms with van der Waals surface area (Å²) in [5.41, 5.74) is 1.75. The average molecular weight is 567 g/mol. The Hall–Kier alpha value is -4.05. The van der Waals surface area contributed by atoms with Crippen LogP contribution in [0, 0.1) is 0 Å². The van der Waals surface area contributed by atoms with Gasteiger partial charge in [-0.1, -0.05) is 43.2 Å². The van der Waals surface area contributed by atoms with Crippen LogP contribution in [0.5, 0.6) is 23.0 Å². The number of unbranched alkanes of at least 4 members (excludes halogenated alkanes) is 2. The molecule has 1 aliphatic rings. The van der Waals surface area contributed by atoms with Gasteiger partial charge in [-0.3, -0.25) is 9.36 Å². The summed E-state index contributed by atoms with van der Waals surface area (Å²) in [6, 6.07) is 9.52. The Morgan fingerprint density at radius 1 is 1.07 bits per heavy atom. The van der Waals surface area contributed by atoms with Crippen molar-refractivity contribution in [2.24, 2.45) is 4.99 Å². The first-order valence-electron chi connectivity index (χ1n) is 13.2. The van der Waals surface area contributed by atoms with Crippen LogP contribution in [0.2, 0.25) is 0 Å². The number of thiazole rings is 1. The maximum absolute atomic E-state index is 13.8. The molecule has 2 heterocycles. The van der Waals surface area contributed by atoms with E-state index in [2.05, 4.69) is 11.9 Å². The fraction of sp³-hybridized carbons (Fsp3) is 0.367. The van der Waals surface area contributed by atoms with Crippen LogP contribution in [0.4, 0.5) is 0 Å². The average Bonchev–Trinajstić information content (AvgIpc) is 3.25. The normalized spacial score (nSPS) is 14.9. The van der Waals surface area contributed by atoms with Gasteiger partial charge in [0.2, 0.25) is 0 Å². The molecule has 1 atom stereocenters. The minimum atomic E-state index is -0.785. The Balaban J connectivity index is 1.84. The third-order valence-electron chi connectivity index (χ3n) is 6.52. The first kappa shape index (κ1) is 28.9. The summed E-state index contributed by atoms with van der Waals surface area (Å²) in [7, 11) is 2.86. The summed E-state index contributed by atoms with van der Waals surface area (Å²) < 4.78 is 24.1. The van der Waals surface area contributed by atoms with Gasteiger partial charge in [0.05, 0.1) is 49.3 Å². The minimum Gasteiger partial charge on any atom is -0.504 e. The van der Waals surface area contributed by atoms with E-state index in [1.807, 2.05) is 13.0 Å². The molecule has 0 saturated heterocycles. The number of benzene rings is 2. The predicted molar refractivity (Wildman–Crippen MR) is 153 cm³/mol. The van der Waals surface area contributed by atoms with Gasteiger partial charge in [0, 0.05) is 0 Å². The molecule has 2 aromatic carbocycles. The molecular formula is C30H34N2O7S. The van der Waals surface area contributed by atoms with Gasteiger partial charge in [0.25, 0.3) is 5.56 Å². The van der Waals surface area contributed by atoms with Gasteiger partial charge < -0.3 is 24.1 Å². The Kier molecular flexibility index (Phi) is 9.31. The number of phenols is 1. The van der Waals surface area contributed by atoms with Gasteiger partial charge in [-0.05, 0) is 61.7 Å². The number of nitrogens with zero attached hydrogens (tertiary/aromatic N) is 2. The zero-order valence-corrected chi connectivity index (χ0v) is 24.2. The van der Waals surface area contributed by atoms with Crippen molar-refractivity contribution in [3.05, 3.63) is 78.5 Å². The second kappa shape index (κ2) is 12.9. The highest BCUT2D eigenvalue weighted by Crippen LogP contribution is 2.36. The molecule has 1 unspecified atom stereocenters. The highest BCUT2D eigenvalue weighted by Gasteiger charge is 2.33. The minimum absolute atomic E-state index is 0.0190. The van der Waals surface area contributed by atoms with Crippen LogP contribution in [0.25, 0.3) is 6.08 Å². The number of hydrogen-bond donors (Lipinski definition) is 1. The molecule has 212 valence electrons. The molecule has 0 aliphatic carbocycles. The van der Waals surface area contributed by atoms with E-state index in [4.69, 9.17) is 18.9 Å². The Morgan fingerprint density at radius 2 is 1.88 bits per heavy atom. The number of allylic oxidation sites excluding steroid dienone is 1. The summed E-state index contributed by atoms with van der Waals surface area (Å²) in [5, 5.41) is 10.1. The van der Waals surface area contributed by atoms with E-state index in [0.29, 0.717) is 56.6 Å². The Morgan fingerprint density at radius 3 is 2.58 bits per heavy atom. The topological polar surface area (TPSA) is 109 Å². The molecule has 1 N–H and O–H groups in total. The van der Waals surface area contributed by atoms with Gasteiger partial charge in [-0.15, -0.1) is 0 Å².